The fourth-order valence-corrected chi connectivity index (χ4v) is 3.65. The Hall–Kier alpha value is -1.12. The van der Waals surface area contributed by atoms with Crippen LogP contribution in [0.4, 0.5) is 0 Å². The molecule has 0 bridgehead atoms. The molecule has 0 spiro atoms. The number of benzene rings is 1. The molecule has 0 amide bonds. The van der Waals surface area contributed by atoms with Gasteiger partial charge in [-0.15, -0.1) is 0 Å². The molecule has 1 unspecified atom stereocenters. The third-order valence-corrected chi connectivity index (χ3v) is 4.69. The highest BCUT2D eigenvalue weighted by molar-refractivity contribution is 9.10. The van der Waals surface area contributed by atoms with Gasteiger partial charge in [0.15, 0.2) is 0 Å². The van der Waals surface area contributed by atoms with Crippen molar-refractivity contribution in [3.8, 4) is 5.75 Å². The van der Waals surface area contributed by atoms with Crippen molar-refractivity contribution >= 4 is 31.9 Å². The van der Waals surface area contributed by atoms with E-state index >= 15 is 0 Å². The summed E-state index contributed by atoms with van der Waals surface area (Å²) in [4.78, 5) is 10.7. The summed E-state index contributed by atoms with van der Waals surface area (Å²) >= 11 is 3.20. The van der Waals surface area contributed by atoms with Gasteiger partial charge in [-0.05, 0) is 24.6 Å². The van der Waals surface area contributed by atoms with Gasteiger partial charge in [-0.3, -0.25) is 4.79 Å². The molecular formula is C12H16BrNO5S. The van der Waals surface area contributed by atoms with Crippen LogP contribution in [-0.4, -0.2) is 32.6 Å². The summed E-state index contributed by atoms with van der Waals surface area (Å²) in [7, 11) is -2.48. The minimum absolute atomic E-state index is 0.0294. The number of halogens is 1. The monoisotopic (exact) mass is 365 g/mol. The number of rotatable bonds is 7. The van der Waals surface area contributed by atoms with E-state index in [9.17, 15) is 13.2 Å². The molecule has 0 saturated carbocycles. The summed E-state index contributed by atoms with van der Waals surface area (Å²) in [5, 5.41) is 8.76. The normalized spacial score (nSPS) is 12.9. The highest BCUT2D eigenvalue weighted by atomic mass is 79.9. The van der Waals surface area contributed by atoms with E-state index in [1.807, 2.05) is 0 Å². The van der Waals surface area contributed by atoms with Gasteiger partial charge < -0.3 is 9.84 Å². The van der Waals surface area contributed by atoms with Gasteiger partial charge in [0.05, 0.1) is 13.5 Å². The smallest absolute Gasteiger partial charge is 0.304 e. The molecule has 0 aliphatic carbocycles. The zero-order valence-electron chi connectivity index (χ0n) is 11.1. The Labute approximate surface area is 126 Å². The maximum absolute atomic E-state index is 12.3. The predicted octanol–water partition coefficient (Wildman–Crippen LogP) is 1.99. The van der Waals surface area contributed by atoms with Crippen LogP contribution in [0.5, 0.6) is 5.75 Å². The van der Waals surface area contributed by atoms with Crippen LogP contribution in [0.2, 0.25) is 0 Å². The van der Waals surface area contributed by atoms with Crippen molar-refractivity contribution in [3.63, 3.8) is 0 Å². The van der Waals surface area contributed by atoms with Crippen LogP contribution in [-0.2, 0) is 14.8 Å². The number of sulfonamides is 1. The van der Waals surface area contributed by atoms with Crippen molar-refractivity contribution in [2.75, 3.05) is 7.11 Å². The SMILES string of the molecule is CCC(CC(=O)O)NS(=O)(=O)c1cc(Br)ccc1OC. The van der Waals surface area contributed by atoms with Gasteiger partial charge in [-0.1, -0.05) is 22.9 Å². The standard InChI is InChI=1S/C12H16BrNO5S/c1-3-9(7-12(15)16)14-20(17,18)11-6-8(13)4-5-10(11)19-2/h4-6,9,14H,3,7H2,1-2H3,(H,15,16). The Morgan fingerprint density at radius 2 is 2.15 bits per heavy atom. The van der Waals surface area contributed by atoms with Crippen molar-refractivity contribution in [2.24, 2.45) is 0 Å². The number of nitrogens with one attached hydrogen (secondary N) is 1. The molecule has 1 aromatic rings. The second-order valence-electron chi connectivity index (χ2n) is 4.12. The fourth-order valence-electron chi connectivity index (χ4n) is 1.62. The first-order valence-corrected chi connectivity index (χ1v) is 8.15. The summed E-state index contributed by atoms with van der Waals surface area (Å²) < 4.78 is 32.6. The Balaban J connectivity index is 3.10. The molecule has 2 N–H and O–H groups in total. The first-order valence-electron chi connectivity index (χ1n) is 5.87. The van der Waals surface area contributed by atoms with E-state index in [1.54, 1.807) is 13.0 Å². The number of carboxylic acid groups (broad SMARTS) is 1. The number of hydrogen-bond acceptors (Lipinski definition) is 4. The van der Waals surface area contributed by atoms with Gasteiger partial charge in [0, 0.05) is 10.5 Å². The van der Waals surface area contributed by atoms with Crippen LogP contribution in [0.1, 0.15) is 19.8 Å². The van der Waals surface area contributed by atoms with E-state index in [2.05, 4.69) is 20.7 Å². The number of hydrogen-bond donors (Lipinski definition) is 2. The van der Waals surface area contributed by atoms with E-state index in [0.29, 0.717) is 10.9 Å². The first-order chi connectivity index (χ1) is 9.30. The molecule has 1 rings (SSSR count). The van der Waals surface area contributed by atoms with Gasteiger partial charge in [0.2, 0.25) is 10.0 Å². The third kappa shape index (κ3) is 4.46. The minimum Gasteiger partial charge on any atom is -0.495 e. The molecule has 20 heavy (non-hydrogen) atoms. The molecular weight excluding hydrogens is 350 g/mol. The maximum Gasteiger partial charge on any atom is 0.304 e. The molecule has 0 aromatic heterocycles. The average Bonchev–Trinajstić information content (AvgIpc) is 2.37. The topological polar surface area (TPSA) is 92.7 Å². The Kier molecular flexibility index (Phi) is 5.97. The molecule has 0 aliphatic heterocycles. The van der Waals surface area contributed by atoms with Gasteiger partial charge in [0.1, 0.15) is 10.6 Å². The lowest BCUT2D eigenvalue weighted by molar-refractivity contribution is -0.137. The minimum atomic E-state index is -3.85. The van der Waals surface area contributed by atoms with Crippen LogP contribution < -0.4 is 9.46 Å². The Morgan fingerprint density at radius 1 is 1.50 bits per heavy atom. The van der Waals surface area contributed by atoms with E-state index < -0.39 is 22.0 Å². The number of carboxylic acids is 1. The highest BCUT2D eigenvalue weighted by Gasteiger charge is 2.24. The fraction of sp³-hybridized carbons (Fsp3) is 0.417. The van der Waals surface area contributed by atoms with Crippen molar-refractivity contribution in [1.29, 1.82) is 0 Å². The van der Waals surface area contributed by atoms with Gasteiger partial charge in [-0.25, -0.2) is 13.1 Å². The van der Waals surface area contributed by atoms with Crippen molar-refractivity contribution in [2.45, 2.75) is 30.7 Å². The molecule has 1 atom stereocenters. The van der Waals surface area contributed by atoms with Gasteiger partial charge >= 0.3 is 5.97 Å². The highest BCUT2D eigenvalue weighted by Crippen LogP contribution is 2.27. The van der Waals surface area contributed by atoms with Crippen molar-refractivity contribution in [3.05, 3.63) is 22.7 Å². The van der Waals surface area contributed by atoms with E-state index in [-0.39, 0.29) is 17.1 Å². The lowest BCUT2D eigenvalue weighted by Gasteiger charge is -2.16. The quantitative estimate of drug-likeness (QED) is 0.770. The Morgan fingerprint density at radius 3 is 2.65 bits per heavy atom. The van der Waals surface area contributed by atoms with Gasteiger partial charge in [0.25, 0.3) is 0 Å². The molecule has 0 heterocycles. The lowest BCUT2D eigenvalue weighted by Crippen LogP contribution is -2.36. The molecule has 0 radical (unpaired) electrons. The average molecular weight is 366 g/mol. The summed E-state index contributed by atoms with van der Waals surface area (Å²) in [6, 6.07) is 3.93. The second kappa shape index (κ2) is 7.05. The first kappa shape index (κ1) is 16.9. The summed E-state index contributed by atoms with van der Waals surface area (Å²) in [6.45, 7) is 1.72. The zero-order chi connectivity index (χ0) is 15.3. The van der Waals surface area contributed by atoms with Gasteiger partial charge in [-0.2, -0.15) is 0 Å². The van der Waals surface area contributed by atoms with Crippen LogP contribution in [0.15, 0.2) is 27.6 Å². The van der Waals surface area contributed by atoms with Crippen molar-refractivity contribution < 1.29 is 23.1 Å². The third-order valence-electron chi connectivity index (χ3n) is 2.65. The molecule has 112 valence electrons. The number of carbonyl (C=O) groups is 1. The number of ether oxygens (including phenoxy) is 1. The van der Waals surface area contributed by atoms with Crippen LogP contribution in [0.25, 0.3) is 0 Å². The van der Waals surface area contributed by atoms with E-state index in [1.165, 1.54) is 19.2 Å². The largest absolute Gasteiger partial charge is 0.495 e. The molecule has 0 fully saturated rings. The van der Waals surface area contributed by atoms with E-state index in [0.717, 1.165) is 0 Å². The Bertz CT molecular complexity index is 588. The predicted molar refractivity (Wildman–Crippen MR) is 77.3 cm³/mol. The number of methoxy groups -OCH3 is 1. The van der Waals surface area contributed by atoms with Crippen LogP contribution in [0, 0.1) is 0 Å². The molecule has 8 heteroatoms. The summed E-state index contributed by atoms with van der Waals surface area (Å²) in [5.74, 6) is -0.855. The molecule has 6 nitrogen and oxygen atoms in total. The lowest BCUT2D eigenvalue weighted by atomic mass is 10.2. The van der Waals surface area contributed by atoms with Crippen molar-refractivity contribution in [1.82, 2.24) is 4.72 Å². The summed E-state index contributed by atoms with van der Waals surface area (Å²) in [5.41, 5.74) is 0. The van der Waals surface area contributed by atoms with E-state index in [4.69, 9.17) is 9.84 Å². The second-order valence-corrected chi connectivity index (χ2v) is 6.72. The molecule has 0 aliphatic rings. The molecule has 1 aromatic carbocycles. The summed E-state index contributed by atoms with van der Waals surface area (Å²) in [6.07, 6.45) is 0.105. The van der Waals surface area contributed by atoms with Crippen LogP contribution in [0.3, 0.4) is 0 Å². The maximum atomic E-state index is 12.3. The molecule has 0 saturated heterocycles. The zero-order valence-corrected chi connectivity index (χ0v) is 13.5. The van der Waals surface area contributed by atoms with Crippen LogP contribution >= 0.6 is 15.9 Å². The number of aliphatic carboxylic acids is 1.